The van der Waals surface area contributed by atoms with Crippen LogP contribution in [0.1, 0.15) is 43.2 Å². The van der Waals surface area contributed by atoms with Crippen molar-refractivity contribution in [2.75, 3.05) is 37.6 Å². The fourth-order valence-corrected chi connectivity index (χ4v) is 7.24. The summed E-state index contributed by atoms with van der Waals surface area (Å²) < 4.78 is 14.5. The van der Waals surface area contributed by atoms with E-state index in [9.17, 15) is 14.4 Å². The molecule has 7 heteroatoms. The van der Waals surface area contributed by atoms with Crippen LogP contribution in [0.5, 0.6) is 0 Å². The lowest BCUT2D eigenvalue weighted by Crippen LogP contribution is -2.55. The largest absolute Gasteiger partial charge is 0.371 e. The molecule has 1 N–H and O–H groups in total. The quantitative estimate of drug-likeness (QED) is 0.502. The van der Waals surface area contributed by atoms with Gasteiger partial charge in [0, 0.05) is 43.2 Å². The Bertz CT molecular complexity index is 1270. The van der Waals surface area contributed by atoms with Crippen LogP contribution in [0.2, 0.25) is 0 Å². The number of amides is 1. The minimum absolute atomic E-state index is 0.0719. The molecule has 0 aromatic heterocycles. The van der Waals surface area contributed by atoms with Crippen LogP contribution in [0, 0.1) is 46.2 Å². The minimum atomic E-state index is -0.854. The number of rotatable bonds is 8. The fraction of sp³-hybridized carbons (Fsp3) is 0.469. The van der Waals surface area contributed by atoms with Crippen molar-refractivity contribution >= 4 is 11.6 Å². The topological polar surface area (TPSA) is 83.2 Å². The summed E-state index contributed by atoms with van der Waals surface area (Å²) in [4.78, 5) is 17.1. The Hall–Kier alpha value is -3.68. The minimum Gasteiger partial charge on any atom is -0.371 e. The molecular formula is C32H36FN5O. The van der Waals surface area contributed by atoms with Gasteiger partial charge in [-0.3, -0.25) is 4.79 Å². The molecular weight excluding hydrogens is 489 g/mol. The standard InChI is InChI=1S/C32H36FN5O/c1-2-31(39)36-30-8-4-7-29(30)32(22-35,26-5-3-6-27(33)17-26)25-13-15-37(16-14-25)19-24-20-38(21-24)28-11-9-23(18-34)10-12-28/h2-3,5-6,9-12,17,24-25,29-30H,1,4,7-8,13-16,19-21H2,(H,36,39)/t29-,30-,32-/m0/s1. The Morgan fingerprint density at radius 3 is 2.49 bits per heavy atom. The van der Waals surface area contributed by atoms with Gasteiger partial charge in [0.1, 0.15) is 5.82 Å². The molecule has 1 amide bonds. The van der Waals surface area contributed by atoms with E-state index in [4.69, 9.17) is 5.26 Å². The van der Waals surface area contributed by atoms with E-state index in [0.29, 0.717) is 11.5 Å². The highest BCUT2D eigenvalue weighted by Gasteiger charge is 2.52. The Balaban J connectivity index is 1.26. The first-order valence-electron chi connectivity index (χ1n) is 14.0. The zero-order valence-corrected chi connectivity index (χ0v) is 22.4. The summed E-state index contributed by atoms with van der Waals surface area (Å²) in [6.45, 7) is 8.45. The summed E-state index contributed by atoms with van der Waals surface area (Å²) in [5.74, 6) is 0.0598. The fourth-order valence-electron chi connectivity index (χ4n) is 7.24. The van der Waals surface area contributed by atoms with Gasteiger partial charge in [-0.25, -0.2) is 4.39 Å². The predicted molar refractivity (Wildman–Crippen MR) is 149 cm³/mol. The molecule has 1 saturated carbocycles. The second-order valence-corrected chi connectivity index (χ2v) is 11.4. The van der Waals surface area contributed by atoms with Gasteiger partial charge in [0.2, 0.25) is 5.91 Å². The van der Waals surface area contributed by atoms with Gasteiger partial charge in [-0.1, -0.05) is 25.1 Å². The van der Waals surface area contributed by atoms with Crippen molar-refractivity contribution in [2.24, 2.45) is 17.8 Å². The van der Waals surface area contributed by atoms with Crippen LogP contribution >= 0.6 is 0 Å². The monoisotopic (exact) mass is 525 g/mol. The zero-order chi connectivity index (χ0) is 27.4. The van der Waals surface area contributed by atoms with Gasteiger partial charge < -0.3 is 15.1 Å². The smallest absolute Gasteiger partial charge is 0.243 e. The average molecular weight is 526 g/mol. The van der Waals surface area contributed by atoms with Crippen LogP contribution in [0.4, 0.5) is 10.1 Å². The lowest BCUT2D eigenvalue weighted by atomic mass is 9.59. The van der Waals surface area contributed by atoms with E-state index in [1.54, 1.807) is 6.07 Å². The maximum absolute atomic E-state index is 14.5. The molecule has 2 aromatic carbocycles. The van der Waals surface area contributed by atoms with Gasteiger partial charge in [-0.15, -0.1) is 0 Å². The zero-order valence-electron chi connectivity index (χ0n) is 22.4. The van der Waals surface area contributed by atoms with Gasteiger partial charge in [0.15, 0.2) is 0 Å². The van der Waals surface area contributed by atoms with Crippen LogP contribution in [0.15, 0.2) is 61.2 Å². The molecule has 39 heavy (non-hydrogen) atoms. The first kappa shape index (κ1) is 26.9. The molecule has 3 fully saturated rings. The molecule has 0 unspecified atom stereocenters. The van der Waals surface area contributed by atoms with Crippen LogP contribution in [0.3, 0.4) is 0 Å². The van der Waals surface area contributed by atoms with E-state index in [1.807, 2.05) is 30.3 Å². The molecule has 5 rings (SSSR count). The molecule has 0 spiro atoms. The van der Waals surface area contributed by atoms with Crippen molar-refractivity contribution < 1.29 is 9.18 Å². The molecule has 6 nitrogen and oxygen atoms in total. The molecule has 1 aliphatic carbocycles. The summed E-state index contributed by atoms with van der Waals surface area (Å²) in [5.41, 5.74) is 1.72. The number of anilines is 1. The van der Waals surface area contributed by atoms with Gasteiger partial charge in [-0.05, 0) is 92.7 Å². The number of hydrogen-bond donors (Lipinski definition) is 1. The SMILES string of the molecule is C=CC(=O)N[C@H]1CCC[C@@H]1[C@](C#N)(c1cccc(F)c1)C1CCN(CC2CN(c3ccc(C#N)cc3)C2)CC1. The number of benzene rings is 2. The van der Waals surface area contributed by atoms with Crippen molar-refractivity contribution in [1.29, 1.82) is 10.5 Å². The van der Waals surface area contributed by atoms with Crippen molar-refractivity contribution in [3.8, 4) is 12.1 Å². The first-order valence-corrected chi connectivity index (χ1v) is 14.0. The van der Waals surface area contributed by atoms with Crippen molar-refractivity contribution in [3.63, 3.8) is 0 Å². The van der Waals surface area contributed by atoms with Crippen LogP contribution in [-0.2, 0) is 10.2 Å². The van der Waals surface area contributed by atoms with Crippen molar-refractivity contribution in [2.45, 2.75) is 43.6 Å². The lowest BCUT2D eigenvalue weighted by Gasteiger charge is -2.48. The molecule has 2 aromatic rings. The highest BCUT2D eigenvalue weighted by Crippen LogP contribution is 2.50. The highest BCUT2D eigenvalue weighted by molar-refractivity contribution is 5.87. The molecule has 2 heterocycles. The molecule has 0 bridgehead atoms. The number of halogens is 1. The molecule has 202 valence electrons. The third-order valence-electron chi connectivity index (χ3n) is 9.17. The normalized spacial score (nSPS) is 23.7. The van der Waals surface area contributed by atoms with Crippen LogP contribution < -0.4 is 10.2 Å². The second kappa shape index (κ2) is 11.6. The third kappa shape index (κ3) is 5.42. The third-order valence-corrected chi connectivity index (χ3v) is 9.17. The summed E-state index contributed by atoms with van der Waals surface area (Å²) >= 11 is 0. The van der Waals surface area contributed by atoms with Gasteiger partial charge in [0.25, 0.3) is 0 Å². The van der Waals surface area contributed by atoms with Gasteiger partial charge >= 0.3 is 0 Å². The van der Waals surface area contributed by atoms with Crippen molar-refractivity contribution in [3.05, 3.63) is 78.1 Å². The highest BCUT2D eigenvalue weighted by atomic mass is 19.1. The van der Waals surface area contributed by atoms with E-state index in [0.717, 1.165) is 76.1 Å². The number of carbonyl (C=O) groups excluding carboxylic acids is 1. The summed E-state index contributed by atoms with van der Waals surface area (Å²) in [6.07, 6.45) is 5.61. The van der Waals surface area contributed by atoms with Crippen LogP contribution in [0.25, 0.3) is 0 Å². The number of nitrogens with one attached hydrogen (secondary N) is 1. The van der Waals surface area contributed by atoms with E-state index in [1.165, 1.54) is 18.2 Å². The summed E-state index contributed by atoms with van der Waals surface area (Å²) in [7, 11) is 0. The number of likely N-dealkylation sites (tertiary alicyclic amines) is 1. The number of nitriles is 2. The van der Waals surface area contributed by atoms with Gasteiger partial charge in [-0.2, -0.15) is 10.5 Å². The Morgan fingerprint density at radius 1 is 1.10 bits per heavy atom. The van der Waals surface area contributed by atoms with E-state index in [2.05, 4.69) is 33.8 Å². The second-order valence-electron chi connectivity index (χ2n) is 11.4. The first-order chi connectivity index (χ1) is 19.0. The Morgan fingerprint density at radius 2 is 1.85 bits per heavy atom. The molecule has 2 aliphatic heterocycles. The lowest BCUT2D eigenvalue weighted by molar-refractivity contribution is -0.117. The van der Waals surface area contributed by atoms with E-state index < -0.39 is 5.41 Å². The molecule has 0 radical (unpaired) electrons. The number of carbonyl (C=O) groups is 1. The maximum atomic E-state index is 14.5. The van der Waals surface area contributed by atoms with E-state index in [-0.39, 0.29) is 29.6 Å². The van der Waals surface area contributed by atoms with Gasteiger partial charge in [0.05, 0.1) is 23.1 Å². The van der Waals surface area contributed by atoms with E-state index >= 15 is 0 Å². The number of nitrogens with zero attached hydrogens (tertiary/aromatic N) is 4. The Kier molecular flexibility index (Phi) is 8.00. The van der Waals surface area contributed by atoms with Crippen LogP contribution in [-0.4, -0.2) is 49.6 Å². The summed E-state index contributed by atoms with van der Waals surface area (Å²) in [5, 5.41) is 22.9. The predicted octanol–water partition coefficient (Wildman–Crippen LogP) is 4.78. The average Bonchev–Trinajstić information content (AvgIpc) is 3.40. The molecule has 2 saturated heterocycles. The van der Waals surface area contributed by atoms with Crippen molar-refractivity contribution in [1.82, 2.24) is 10.2 Å². The molecule has 3 atom stereocenters. The number of hydrogen-bond acceptors (Lipinski definition) is 5. The summed E-state index contributed by atoms with van der Waals surface area (Å²) in [6, 6.07) is 19.1. The maximum Gasteiger partial charge on any atom is 0.243 e. The Labute approximate surface area is 230 Å². The number of piperidine rings is 1. The molecule has 3 aliphatic rings.